The molecule has 1 aliphatic rings. The molecule has 1 aliphatic carbocycles. The van der Waals surface area contributed by atoms with E-state index in [1.165, 1.54) is 5.57 Å². The molecule has 0 bridgehead atoms. The van der Waals surface area contributed by atoms with Crippen molar-refractivity contribution in [3.63, 3.8) is 0 Å². The van der Waals surface area contributed by atoms with Crippen molar-refractivity contribution in [1.29, 1.82) is 0 Å². The quantitative estimate of drug-likeness (QED) is 0.795. The molecule has 1 aromatic heterocycles. The lowest BCUT2D eigenvalue weighted by Crippen LogP contribution is -2.16. The van der Waals surface area contributed by atoms with Crippen molar-refractivity contribution in [2.24, 2.45) is 5.92 Å². The van der Waals surface area contributed by atoms with Gasteiger partial charge in [0.1, 0.15) is 5.82 Å². The standard InChI is InChI=1S/C14H20N2O/c1-9(2)11-4-6-12(7-5-11)14-15-10(3)8-13(17)16-14/h8,11-12H,1,4-7H2,2-3H3,(H,15,16,17). The lowest BCUT2D eigenvalue weighted by Gasteiger charge is -2.27. The molecule has 1 fully saturated rings. The van der Waals surface area contributed by atoms with Gasteiger partial charge >= 0.3 is 0 Å². The van der Waals surface area contributed by atoms with E-state index in [-0.39, 0.29) is 5.88 Å². The lowest BCUT2D eigenvalue weighted by molar-refractivity contribution is 0.349. The van der Waals surface area contributed by atoms with Gasteiger partial charge in [-0.3, -0.25) is 0 Å². The zero-order chi connectivity index (χ0) is 12.4. The fourth-order valence-electron chi connectivity index (χ4n) is 2.60. The molecule has 0 atom stereocenters. The van der Waals surface area contributed by atoms with E-state index >= 15 is 0 Å². The third-order valence-corrected chi connectivity index (χ3v) is 3.65. The fourth-order valence-corrected chi connectivity index (χ4v) is 2.60. The van der Waals surface area contributed by atoms with Crippen molar-refractivity contribution in [3.8, 4) is 5.88 Å². The number of rotatable bonds is 2. The third-order valence-electron chi connectivity index (χ3n) is 3.65. The molecule has 1 aromatic rings. The monoisotopic (exact) mass is 232 g/mol. The second-order valence-corrected chi connectivity index (χ2v) is 5.12. The molecule has 0 unspecified atom stereocenters. The molecule has 2 rings (SSSR count). The van der Waals surface area contributed by atoms with Crippen molar-refractivity contribution in [3.05, 3.63) is 29.7 Å². The van der Waals surface area contributed by atoms with Gasteiger partial charge in [-0.2, -0.15) is 4.98 Å². The number of aryl methyl sites for hydroxylation is 1. The minimum atomic E-state index is 0.0922. The zero-order valence-electron chi connectivity index (χ0n) is 10.6. The number of aromatic hydroxyl groups is 1. The first kappa shape index (κ1) is 12.1. The Balaban J connectivity index is 2.07. The van der Waals surface area contributed by atoms with Crippen LogP contribution in [0.25, 0.3) is 0 Å². The van der Waals surface area contributed by atoms with Crippen LogP contribution in [0, 0.1) is 12.8 Å². The maximum absolute atomic E-state index is 9.50. The summed E-state index contributed by atoms with van der Waals surface area (Å²) >= 11 is 0. The van der Waals surface area contributed by atoms with E-state index < -0.39 is 0 Å². The normalized spacial score (nSPS) is 24.6. The Morgan fingerprint density at radius 2 is 1.94 bits per heavy atom. The summed E-state index contributed by atoms with van der Waals surface area (Å²) in [4.78, 5) is 8.58. The highest BCUT2D eigenvalue weighted by Crippen LogP contribution is 2.37. The molecule has 17 heavy (non-hydrogen) atoms. The van der Waals surface area contributed by atoms with E-state index in [0.717, 1.165) is 37.2 Å². The van der Waals surface area contributed by atoms with Crippen LogP contribution in [0.15, 0.2) is 18.2 Å². The van der Waals surface area contributed by atoms with E-state index in [4.69, 9.17) is 0 Å². The number of hydrogen-bond donors (Lipinski definition) is 1. The molecule has 3 nitrogen and oxygen atoms in total. The van der Waals surface area contributed by atoms with Crippen molar-refractivity contribution >= 4 is 0 Å². The van der Waals surface area contributed by atoms with Gasteiger partial charge in [0.15, 0.2) is 0 Å². The minimum Gasteiger partial charge on any atom is -0.493 e. The molecule has 1 saturated carbocycles. The van der Waals surface area contributed by atoms with Gasteiger partial charge in [0.05, 0.1) is 0 Å². The van der Waals surface area contributed by atoms with Gasteiger partial charge < -0.3 is 5.11 Å². The molecule has 1 heterocycles. The second kappa shape index (κ2) is 4.86. The summed E-state index contributed by atoms with van der Waals surface area (Å²) in [6, 6.07) is 1.60. The van der Waals surface area contributed by atoms with Crippen LogP contribution in [0.3, 0.4) is 0 Å². The summed E-state index contributed by atoms with van der Waals surface area (Å²) < 4.78 is 0. The molecule has 3 heteroatoms. The van der Waals surface area contributed by atoms with Crippen LogP contribution in [0.1, 0.15) is 50.0 Å². The highest BCUT2D eigenvalue weighted by atomic mass is 16.3. The van der Waals surface area contributed by atoms with Crippen LogP contribution >= 0.6 is 0 Å². The first-order valence-electron chi connectivity index (χ1n) is 6.26. The smallest absolute Gasteiger partial charge is 0.214 e. The van der Waals surface area contributed by atoms with Crippen LogP contribution in [0.5, 0.6) is 5.88 Å². The minimum absolute atomic E-state index is 0.0922. The van der Waals surface area contributed by atoms with Crippen molar-refractivity contribution in [2.45, 2.75) is 45.4 Å². The molecule has 0 saturated heterocycles. The Kier molecular flexibility index (Phi) is 3.46. The van der Waals surface area contributed by atoms with E-state index in [0.29, 0.717) is 11.8 Å². The summed E-state index contributed by atoms with van der Waals surface area (Å²) in [5.41, 5.74) is 2.13. The van der Waals surface area contributed by atoms with E-state index in [9.17, 15) is 5.11 Å². The summed E-state index contributed by atoms with van der Waals surface area (Å²) in [5, 5.41) is 9.50. The van der Waals surface area contributed by atoms with Crippen molar-refractivity contribution in [1.82, 2.24) is 9.97 Å². The van der Waals surface area contributed by atoms with E-state index in [1.807, 2.05) is 6.92 Å². The van der Waals surface area contributed by atoms with Crippen LogP contribution in [0.2, 0.25) is 0 Å². The summed E-state index contributed by atoms with van der Waals surface area (Å²) in [7, 11) is 0. The highest BCUT2D eigenvalue weighted by molar-refractivity contribution is 5.16. The third kappa shape index (κ3) is 2.84. The first-order chi connectivity index (χ1) is 8.06. The molecular formula is C14H20N2O. The predicted octanol–water partition coefficient (Wildman–Crippen LogP) is 3.34. The van der Waals surface area contributed by atoms with Gasteiger partial charge in [0.25, 0.3) is 0 Å². The SMILES string of the molecule is C=C(C)C1CCC(c2nc(C)cc(O)n2)CC1. The van der Waals surface area contributed by atoms with Crippen LogP contribution in [0.4, 0.5) is 0 Å². The van der Waals surface area contributed by atoms with E-state index in [2.05, 4.69) is 23.5 Å². The topological polar surface area (TPSA) is 46.0 Å². The highest BCUT2D eigenvalue weighted by Gasteiger charge is 2.24. The number of aromatic nitrogens is 2. The van der Waals surface area contributed by atoms with Crippen LogP contribution in [-0.4, -0.2) is 15.1 Å². The predicted molar refractivity (Wildman–Crippen MR) is 67.9 cm³/mol. The van der Waals surface area contributed by atoms with Gasteiger partial charge in [-0.25, -0.2) is 4.98 Å². The molecule has 92 valence electrons. The lowest BCUT2D eigenvalue weighted by atomic mass is 9.79. The number of nitrogens with zero attached hydrogens (tertiary/aromatic N) is 2. The zero-order valence-corrected chi connectivity index (χ0v) is 10.6. The van der Waals surface area contributed by atoms with Crippen molar-refractivity contribution < 1.29 is 5.11 Å². The second-order valence-electron chi connectivity index (χ2n) is 5.12. The summed E-state index contributed by atoms with van der Waals surface area (Å²) in [6.45, 7) is 8.04. The molecule has 0 aliphatic heterocycles. The van der Waals surface area contributed by atoms with Gasteiger partial charge in [0.2, 0.25) is 5.88 Å². The Morgan fingerprint density at radius 1 is 1.29 bits per heavy atom. The summed E-state index contributed by atoms with van der Waals surface area (Å²) in [6.07, 6.45) is 4.52. The van der Waals surface area contributed by atoms with Crippen LogP contribution < -0.4 is 0 Å². The number of allylic oxidation sites excluding steroid dienone is 1. The largest absolute Gasteiger partial charge is 0.493 e. The molecule has 0 spiro atoms. The van der Waals surface area contributed by atoms with E-state index in [1.54, 1.807) is 6.07 Å². The average molecular weight is 232 g/mol. The fraction of sp³-hybridized carbons (Fsp3) is 0.571. The first-order valence-corrected chi connectivity index (χ1v) is 6.26. The average Bonchev–Trinajstić information content (AvgIpc) is 2.28. The Bertz CT molecular complexity index is 400. The van der Waals surface area contributed by atoms with Crippen molar-refractivity contribution in [2.75, 3.05) is 0 Å². The maximum Gasteiger partial charge on any atom is 0.214 e. The van der Waals surface area contributed by atoms with Crippen LogP contribution in [-0.2, 0) is 0 Å². The molecule has 1 N–H and O–H groups in total. The molecular weight excluding hydrogens is 212 g/mol. The molecule has 0 amide bonds. The van der Waals surface area contributed by atoms with Gasteiger partial charge in [0, 0.05) is 17.7 Å². The molecule has 0 aromatic carbocycles. The Morgan fingerprint density at radius 3 is 2.47 bits per heavy atom. The number of hydrogen-bond acceptors (Lipinski definition) is 3. The van der Waals surface area contributed by atoms with Gasteiger partial charge in [-0.15, -0.1) is 0 Å². The molecule has 0 radical (unpaired) electrons. The Labute approximate surface area is 103 Å². The van der Waals surface area contributed by atoms with Gasteiger partial charge in [-0.1, -0.05) is 12.2 Å². The maximum atomic E-state index is 9.50. The summed E-state index contributed by atoms with van der Waals surface area (Å²) in [5.74, 6) is 1.96. The Hall–Kier alpha value is -1.38. The van der Waals surface area contributed by atoms with Gasteiger partial charge in [-0.05, 0) is 45.4 Å².